The van der Waals surface area contributed by atoms with E-state index < -0.39 is 0 Å². The average Bonchev–Trinajstić information content (AvgIpc) is 3.14. The van der Waals surface area contributed by atoms with Gasteiger partial charge in [0.05, 0.1) is 11.6 Å². The van der Waals surface area contributed by atoms with Crippen LogP contribution in [-0.4, -0.2) is 31.2 Å². The van der Waals surface area contributed by atoms with Gasteiger partial charge in [-0.05, 0) is 43.1 Å². The van der Waals surface area contributed by atoms with E-state index in [1.807, 2.05) is 37.5 Å². The lowest BCUT2D eigenvalue weighted by Gasteiger charge is -2.22. The number of hydrogen-bond donors (Lipinski definition) is 1. The minimum absolute atomic E-state index is 0.186. The van der Waals surface area contributed by atoms with E-state index >= 15 is 0 Å². The Kier molecular flexibility index (Phi) is 3.86. The average molecular weight is 343 g/mol. The van der Waals surface area contributed by atoms with Crippen LogP contribution < -0.4 is 5.73 Å². The first kappa shape index (κ1) is 15.4. The second-order valence-corrected chi connectivity index (χ2v) is 6.66. The number of aromatic nitrogens is 4. The van der Waals surface area contributed by atoms with Gasteiger partial charge in [-0.15, -0.1) is 0 Å². The Morgan fingerprint density at radius 3 is 3.04 bits per heavy atom. The Balaban J connectivity index is 1.67. The normalized spacial score (nSPS) is 18.5. The van der Waals surface area contributed by atoms with E-state index in [0.717, 1.165) is 53.2 Å². The standard InChI is InChI=1S/C17H19ClN6/c1-23-17(19)21-16(22-23)14-5-3-7-24(14)10-12-9-13(18)8-11-4-2-6-20-15(11)12/h2,4,6,8-9,14H,3,5,7,10H2,1H3,(H2,19,21,22). The van der Waals surface area contributed by atoms with Crippen LogP contribution in [0.25, 0.3) is 10.9 Å². The molecule has 1 saturated heterocycles. The molecule has 0 amide bonds. The number of rotatable bonds is 3. The molecule has 2 aromatic heterocycles. The van der Waals surface area contributed by atoms with Crippen molar-refractivity contribution in [2.75, 3.05) is 12.3 Å². The molecule has 1 aromatic carbocycles. The van der Waals surface area contributed by atoms with Gasteiger partial charge in [-0.25, -0.2) is 4.68 Å². The minimum Gasteiger partial charge on any atom is -0.368 e. The smallest absolute Gasteiger partial charge is 0.218 e. The fourth-order valence-corrected chi connectivity index (χ4v) is 3.68. The summed E-state index contributed by atoms with van der Waals surface area (Å²) in [6.07, 6.45) is 3.98. The summed E-state index contributed by atoms with van der Waals surface area (Å²) in [5, 5.41) is 6.26. The molecule has 124 valence electrons. The zero-order valence-corrected chi connectivity index (χ0v) is 14.2. The maximum atomic E-state index is 6.30. The summed E-state index contributed by atoms with van der Waals surface area (Å²) in [7, 11) is 1.82. The Hall–Kier alpha value is -2.18. The summed E-state index contributed by atoms with van der Waals surface area (Å²) in [5.74, 6) is 1.25. The van der Waals surface area contributed by atoms with Gasteiger partial charge in [-0.1, -0.05) is 17.7 Å². The summed E-state index contributed by atoms with van der Waals surface area (Å²) in [5.41, 5.74) is 7.98. The van der Waals surface area contributed by atoms with Crippen LogP contribution in [0.5, 0.6) is 0 Å². The molecule has 3 heterocycles. The number of pyridine rings is 1. The number of benzene rings is 1. The predicted molar refractivity (Wildman–Crippen MR) is 94.6 cm³/mol. The number of anilines is 1. The highest BCUT2D eigenvalue weighted by Gasteiger charge is 2.30. The number of likely N-dealkylation sites (tertiary alicyclic amines) is 1. The van der Waals surface area contributed by atoms with E-state index in [9.17, 15) is 0 Å². The Bertz CT molecular complexity index is 870. The van der Waals surface area contributed by atoms with Gasteiger partial charge in [0.2, 0.25) is 5.95 Å². The van der Waals surface area contributed by atoms with Crippen LogP contribution >= 0.6 is 11.6 Å². The van der Waals surface area contributed by atoms with E-state index in [-0.39, 0.29) is 6.04 Å². The van der Waals surface area contributed by atoms with Crippen LogP contribution in [0.2, 0.25) is 5.02 Å². The highest BCUT2D eigenvalue weighted by Crippen LogP contribution is 2.33. The van der Waals surface area contributed by atoms with Crippen molar-refractivity contribution in [1.29, 1.82) is 0 Å². The van der Waals surface area contributed by atoms with Gasteiger partial charge in [-0.3, -0.25) is 9.88 Å². The zero-order valence-electron chi connectivity index (χ0n) is 13.5. The van der Waals surface area contributed by atoms with Crippen molar-refractivity contribution in [1.82, 2.24) is 24.6 Å². The van der Waals surface area contributed by atoms with Gasteiger partial charge in [-0.2, -0.15) is 10.1 Å². The minimum atomic E-state index is 0.186. The predicted octanol–water partition coefficient (Wildman–Crippen LogP) is 2.94. The topological polar surface area (TPSA) is 72.9 Å². The molecule has 0 spiro atoms. The monoisotopic (exact) mass is 342 g/mol. The summed E-state index contributed by atoms with van der Waals surface area (Å²) < 4.78 is 1.63. The van der Waals surface area contributed by atoms with Gasteiger partial charge in [0.25, 0.3) is 0 Å². The second-order valence-electron chi connectivity index (χ2n) is 6.22. The molecule has 0 saturated carbocycles. The van der Waals surface area contributed by atoms with Crippen LogP contribution in [0.1, 0.15) is 30.3 Å². The van der Waals surface area contributed by atoms with Gasteiger partial charge < -0.3 is 5.73 Å². The molecule has 24 heavy (non-hydrogen) atoms. The first-order valence-electron chi connectivity index (χ1n) is 8.05. The van der Waals surface area contributed by atoms with Crippen LogP contribution in [0, 0.1) is 0 Å². The van der Waals surface area contributed by atoms with Crippen molar-refractivity contribution in [3.63, 3.8) is 0 Å². The number of halogens is 1. The highest BCUT2D eigenvalue weighted by atomic mass is 35.5. The molecule has 1 fully saturated rings. The number of nitrogen functional groups attached to an aromatic ring is 1. The Morgan fingerprint density at radius 1 is 1.38 bits per heavy atom. The van der Waals surface area contributed by atoms with E-state index in [0.29, 0.717) is 5.95 Å². The van der Waals surface area contributed by atoms with Crippen LogP contribution in [-0.2, 0) is 13.6 Å². The van der Waals surface area contributed by atoms with E-state index in [1.165, 1.54) is 0 Å². The molecular formula is C17H19ClN6. The van der Waals surface area contributed by atoms with Gasteiger partial charge in [0, 0.05) is 30.2 Å². The number of aryl methyl sites for hydroxylation is 1. The Morgan fingerprint density at radius 2 is 2.25 bits per heavy atom. The van der Waals surface area contributed by atoms with Gasteiger partial charge in [0.15, 0.2) is 5.82 Å². The fourth-order valence-electron chi connectivity index (χ4n) is 3.43. The lowest BCUT2D eigenvalue weighted by atomic mass is 10.1. The van der Waals surface area contributed by atoms with Crippen molar-refractivity contribution < 1.29 is 0 Å². The third kappa shape index (κ3) is 2.72. The third-order valence-electron chi connectivity index (χ3n) is 4.60. The molecule has 6 nitrogen and oxygen atoms in total. The zero-order chi connectivity index (χ0) is 16.7. The van der Waals surface area contributed by atoms with E-state index in [1.54, 1.807) is 4.68 Å². The number of hydrogen-bond acceptors (Lipinski definition) is 5. The van der Waals surface area contributed by atoms with Crippen molar-refractivity contribution in [3.05, 3.63) is 46.9 Å². The molecule has 1 unspecified atom stereocenters. The van der Waals surface area contributed by atoms with Crippen molar-refractivity contribution in [3.8, 4) is 0 Å². The highest BCUT2D eigenvalue weighted by molar-refractivity contribution is 6.31. The van der Waals surface area contributed by atoms with Crippen LogP contribution in [0.4, 0.5) is 5.95 Å². The lowest BCUT2D eigenvalue weighted by molar-refractivity contribution is 0.240. The summed E-state index contributed by atoms with van der Waals surface area (Å²) in [6.45, 7) is 1.78. The molecule has 0 aliphatic carbocycles. The molecule has 0 bridgehead atoms. The van der Waals surface area contributed by atoms with Gasteiger partial charge in [0.1, 0.15) is 0 Å². The van der Waals surface area contributed by atoms with Crippen molar-refractivity contribution in [2.24, 2.45) is 7.05 Å². The maximum absolute atomic E-state index is 6.30. The summed E-state index contributed by atoms with van der Waals surface area (Å²) >= 11 is 6.30. The molecule has 1 atom stereocenters. The van der Waals surface area contributed by atoms with E-state index in [2.05, 4.69) is 20.0 Å². The van der Waals surface area contributed by atoms with Crippen LogP contribution in [0.15, 0.2) is 30.5 Å². The second kappa shape index (κ2) is 6.03. The molecule has 4 rings (SSSR count). The van der Waals surface area contributed by atoms with Crippen LogP contribution in [0.3, 0.4) is 0 Å². The lowest BCUT2D eigenvalue weighted by Crippen LogP contribution is -2.24. The number of nitrogens with zero attached hydrogens (tertiary/aromatic N) is 5. The fraction of sp³-hybridized carbons (Fsp3) is 0.353. The van der Waals surface area contributed by atoms with Crippen molar-refractivity contribution in [2.45, 2.75) is 25.4 Å². The SMILES string of the molecule is Cn1nc(C2CCCN2Cc2cc(Cl)cc3cccnc23)nc1N. The molecular weight excluding hydrogens is 324 g/mol. The molecule has 3 aromatic rings. The maximum Gasteiger partial charge on any atom is 0.218 e. The van der Waals surface area contributed by atoms with E-state index in [4.69, 9.17) is 17.3 Å². The number of fused-ring (bicyclic) bond motifs is 1. The molecule has 0 radical (unpaired) electrons. The molecule has 1 aliphatic heterocycles. The van der Waals surface area contributed by atoms with Gasteiger partial charge >= 0.3 is 0 Å². The first-order chi connectivity index (χ1) is 11.6. The third-order valence-corrected chi connectivity index (χ3v) is 4.82. The Labute approximate surface area is 145 Å². The largest absolute Gasteiger partial charge is 0.368 e. The van der Waals surface area contributed by atoms with Crippen molar-refractivity contribution >= 4 is 28.5 Å². The molecule has 1 aliphatic rings. The number of nitrogens with two attached hydrogens (primary N) is 1. The summed E-state index contributed by atoms with van der Waals surface area (Å²) in [6, 6.07) is 8.12. The summed E-state index contributed by atoms with van der Waals surface area (Å²) in [4.78, 5) is 11.3. The molecule has 2 N–H and O–H groups in total. The first-order valence-corrected chi connectivity index (χ1v) is 8.43. The molecule has 7 heteroatoms. The quantitative estimate of drug-likeness (QED) is 0.792.